The van der Waals surface area contributed by atoms with E-state index in [2.05, 4.69) is 206 Å². The first-order valence-corrected chi connectivity index (χ1v) is 19.7. The fourth-order valence-electron chi connectivity index (χ4n) is 9.30. The van der Waals surface area contributed by atoms with Crippen LogP contribution in [0.2, 0.25) is 0 Å². The molecule has 0 saturated heterocycles. The molecule has 0 bridgehead atoms. The van der Waals surface area contributed by atoms with Crippen molar-refractivity contribution in [2.75, 3.05) is 0 Å². The molecule has 0 radical (unpaired) electrons. The van der Waals surface area contributed by atoms with Gasteiger partial charge in [-0.3, -0.25) is 0 Å². The Bertz CT molecular complexity index is 3330. The predicted octanol–water partition coefficient (Wildman–Crippen LogP) is 15.8. The zero-order valence-electron chi connectivity index (χ0n) is 31.0. The molecule has 0 N–H and O–H groups in total. The summed E-state index contributed by atoms with van der Waals surface area (Å²) in [5, 5.41) is 10.1. The topological polar surface area (TPSA) is 9.23 Å². The van der Waals surface area contributed by atoms with Gasteiger partial charge >= 0.3 is 0 Å². The van der Waals surface area contributed by atoms with E-state index < -0.39 is 0 Å². The Balaban J connectivity index is 1.05. The third kappa shape index (κ3) is 5.10. The molecule has 0 atom stereocenters. The number of hydrogen-bond acceptors (Lipinski definition) is 1. The fraction of sp³-hybridized carbons (Fsp3) is 0. The first kappa shape index (κ1) is 31.8. The maximum atomic E-state index is 6.64. The van der Waals surface area contributed by atoms with E-state index in [-0.39, 0.29) is 0 Å². The highest BCUT2D eigenvalue weighted by molar-refractivity contribution is 6.26. The molecule has 0 aromatic heterocycles. The molecule has 0 amide bonds. The largest absolute Gasteiger partial charge is 0.456 e. The molecule has 1 aliphatic heterocycles. The monoisotopic (exact) mass is 722 g/mol. The molecular formula is C56H34O. The van der Waals surface area contributed by atoms with Gasteiger partial charge in [-0.15, -0.1) is 0 Å². The Labute approximate surface area is 331 Å². The Morgan fingerprint density at radius 3 is 1.53 bits per heavy atom. The normalized spacial score (nSPS) is 12.0. The Kier molecular flexibility index (Phi) is 7.00. The van der Waals surface area contributed by atoms with Crippen LogP contribution in [0.25, 0.3) is 110 Å². The van der Waals surface area contributed by atoms with E-state index in [1.165, 1.54) is 98.9 Å². The van der Waals surface area contributed by atoms with Crippen LogP contribution in [0.5, 0.6) is 11.5 Å². The highest BCUT2D eigenvalue weighted by Gasteiger charge is 2.23. The molecule has 1 aliphatic rings. The van der Waals surface area contributed by atoms with E-state index in [9.17, 15) is 0 Å². The zero-order chi connectivity index (χ0) is 37.5. The van der Waals surface area contributed by atoms with Crippen molar-refractivity contribution >= 4 is 43.1 Å². The standard InChI is InChI=1S/C56H34O/c1-4-11-35(12-5-1)39-23-27-52-51(34-39)49-18-10-17-48-47(26-28-53(57-52)56(48)49)45-32-42(36-13-6-2-7-14-36)31-44(33-45)43-29-40-20-19-38-21-24-46(37-15-8-3-9-16-37)50-25-22-41(30-43)54(40)55(38)50/h1-34H. The summed E-state index contributed by atoms with van der Waals surface area (Å²) in [5.41, 5.74) is 14.4. The molecular weight excluding hydrogens is 689 g/mol. The molecule has 57 heavy (non-hydrogen) atoms. The van der Waals surface area contributed by atoms with Crippen LogP contribution >= 0.6 is 0 Å². The molecule has 0 unspecified atom stereocenters. The van der Waals surface area contributed by atoms with E-state index in [1.54, 1.807) is 0 Å². The molecule has 11 aromatic rings. The van der Waals surface area contributed by atoms with Crippen molar-refractivity contribution < 1.29 is 4.74 Å². The fourth-order valence-corrected chi connectivity index (χ4v) is 9.30. The molecule has 0 fully saturated rings. The van der Waals surface area contributed by atoms with Gasteiger partial charge in [-0.2, -0.15) is 0 Å². The van der Waals surface area contributed by atoms with E-state index in [0.29, 0.717) is 0 Å². The molecule has 0 spiro atoms. The van der Waals surface area contributed by atoms with Gasteiger partial charge in [0, 0.05) is 10.9 Å². The number of rotatable bonds is 5. The second-order valence-corrected chi connectivity index (χ2v) is 15.2. The van der Waals surface area contributed by atoms with Crippen molar-refractivity contribution in [2.24, 2.45) is 0 Å². The lowest BCUT2D eigenvalue weighted by molar-refractivity contribution is 0.487. The predicted molar refractivity (Wildman–Crippen MR) is 240 cm³/mol. The average molecular weight is 723 g/mol. The summed E-state index contributed by atoms with van der Waals surface area (Å²) in [4.78, 5) is 0. The molecule has 0 saturated carbocycles. The second kappa shape index (κ2) is 12.5. The molecule has 12 rings (SSSR count). The van der Waals surface area contributed by atoms with Gasteiger partial charge in [-0.1, -0.05) is 158 Å². The molecule has 1 heteroatoms. The number of benzene rings is 11. The van der Waals surface area contributed by atoms with Gasteiger partial charge in [-0.05, 0) is 147 Å². The minimum atomic E-state index is 0.890. The van der Waals surface area contributed by atoms with Gasteiger partial charge in [0.1, 0.15) is 11.5 Å². The van der Waals surface area contributed by atoms with Crippen molar-refractivity contribution in [3.8, 4) is 78.3 Å². The lowest BCUT2D eigenvalue weighted by Gasteiger charge is -2.23. The number of fused-ring (bicyclic) bond motifs is 2. The maximum absolute atomic E-state index is 6.64. The minimum Gasteiger partial charge on any atom is -0.456 e. The highest BCUT2D eigenvalue weighted by Crippen LogP contribution is 2.50. The maximum Gasteiger partial charge on any atom is 0.135 e. The summed E-state index contributed by atoms with van der Waals surface area (Å²) in [6.45, 7) is 0. The van der Waals surface area contributed by atoms with Crippen molar-refractivity contribution in [3.63, 3.8) is 0 Å². The first-order chi connectivity index (χ1) is 28.2. The Morgan fingerprint density at radius 2 is 0.772 bits per heavy atom. The molecule has 264 valence electrons. The van der Waals surface area contributed by atoms with Crippen LogP contribution < -0.4 is 4.74 Å². The summed E-state index contributed by atoms with van der Waals surface area (Å²) in [6, 6.07) is 75.3. The number of ether oxygens (including phenoxy) is 1. The van der Waals surface area contributed by atoms with Gasteiger partial charge < -0.3 is 4.74 Å². The lowest BCUT2D eigenvalue weighted by Crippen LogP contribution is -1.98. The lowest BCUT2D eigenvalue weighted by atomic mass is 9.86. The van der Waals surface area contributed by atoms with Gasteiger partial charge in [0.15, 0.2) is 0 Å². The zero-order valence-corrected chi connectivity index (χ0v) is 31.0. The van der Waals surface area contributed by atoms with E-state index in [0.717, 1.165) is 22.4 Å². The van der Waals surface area contributed by atoms with Crippen molar-refractivity contribution in [1.82, 2.24) is 0 Å². The molecule has 11 aromatic carbocycles. The second-order valence-electron chi connectivity index (χ2n) is 15.2. The summed E-state index contributed by atoms with van der Waals surface area (Å²) >= 11 is 0. The van der Waals surface area contributed by atoms with Gasteiger partial charge in [0.25, 0.3) is 0 Å². The van der Waals surface area contributed by atoms with Crippen LogP contribution in [0.3, 0.4) is 0 Å². The third-order valence-corrected chi connectivity index (χ3v) is 12.0. The number of hydrogen-bond donors (Lipinski definition) is 0. The summed E-state index contributed by atoms with van der Waals surface area (Å²) < 4.78 is 6.64. The molecule has 1 nitrogen and oxygen atoms in total. The first-order valence-electron chi connectivity index (χ1n) is 19.7. The molecule has 1 heterocycles. The van der Waals surface area contributed by atoms with E-state index in [4.69, 9.17) is 4.74 Å². The van der Waals surface area contributed by atoms with Gasteiger partial charge in [-0.25, -0.2) is 0 Å². The quantitative estimate of drug-likeness (QED) is 0.161. The summed E-state index contributed by atoms with van der Waals surface area (Å²) in [6.07, 6.45) is 0. The summed E-state index contributed by atoms with van der Waals surface area (Å²) in [7, 11) is 0. The Morgan fingerprint density at radius 1 is 0.228 bits per heavy atom. The SMILES string of the molecule is c1ccc(-c2cc(-c3cc4ccc5ccc(-c6ccccc6)c6ccc(c3)c4c56)cc(-c3ccc4c5c(cccc35)-c3cc(-c5ccccc5)ccc3O4)c2)cc1. The van der Waals surface area contributed by atoms with Crippen LogP contribution in [0.1, 0.15) is 0 Å². The van der Waals surface area contributed by atoms with Crippen LogP contribution in [-0.2, 0) is 0 Å². The van der Waals surface area contributed by atoms with Crippen LogP contribution in [0, 0.1) is 0 Å². The van der Waals surface area contributed by atoms with E-state index in [1.807, 2.05) is 0 Å². The van der Waals surface area contributed by atoms with Crippen molar-refractivity contribution in [2.45, 2.75) is 0 Å². The van der Waals surface area contributed by atoms with Crippen LogP contribution in [0.4, 0.5) is 0 Å². The minimum absolute atomic E-state index is 0.890. The van der Waals surface area contributed by atoms with Crippen LogP contribution in [-0.4, -0.2) is 0 Å². The van der Waals surface area contributed by atoms with E-state index >= 15 is 0 Å². The smallest absolute Gasteiger partial charge is 0.135 e. The molecule has 0 aliphatic carbocycles. The summed E-state index contributed by atoms with van der Waals surface area (Å²) in [5.74, 6) is 1.78. The van der Waals surface area contributed by atoms with Crippen LogP contribution in [0.15, 0.2) is 206 Å². The Hall–Kier alpha value is -7.48. The highest BCUT2D eigenvalue weighted by atomic mass is 16.5. The van der Waals surface area contributed by atoms with Gasteiger partial charge in [0.05, 0.1) is 0 Å². The van der Waals surface area contributed by atoms with Crippen molar-refractivity contribution in [1.29, 1.82) is 0 Å². The van der Waals surface area contributed by atoms with Gasteiger partial charge in [0.2, 0.25) is 0 Å². The average Bonchev–Trinajstić information content (AvgIpc) is 3.29. The third-order valence-electron chi connectivity index (χ3n) is 12.0. The van der Waals surface area contributed by atoms with Crippen molar-refractivity contribution in [3.05, 3.63) is 206 Å².